The first-order chi connectivity index (χ1) is 11.4. The first kappa shape index (κ1) is 18.1. The van der Waals surface area contributed by atoms with E-state index in [-0.39, 0.29) is 0 Å². The van der Waals surface area contributed by atoms with Gasteiger partial charge >= 0.3 is 0 Å². The predicted octanol–water partition coefficient (Wildman–Crippen LogP) is 6.36. The van der Waals surface area contributed by atoms with Crippen LogP contribution in [0.5, 0.6) is 5.75 Å². The number of aromatic nitrogens is 1. The molecule has 1 atom stereocenters. The molecule has 1 aromatic carbocycles. The monoisotopic (exact) mass is 407 g/mol. The Hall–Kier alpha value is -0.660. The molecule has 3 rings (SSSR count). The van der Waals surface area contributed by atoms with E-state index < -0.39 is 0 Å². The van der Waals surface area contributed by atoms with Gasteiger partial charge in [0.15, 0.2) is 0 Å². The molecular weight excluding hydrogens is 381 g/mol. The highest BCUT2D eigenvalue weighted by molar-refractivity contribution is 9.10. The lowest BCUT2D eigenvalue weighted by atomic mass is 9.72. The van der Waals surface area contributed by atoms with Crippen molar-refractivity contribution in [3.63, 3.8) is 0 Å². The molecule has 0 spiro atoms. The molecule has 130 valence electrons. The fraction of sp³-hybridized carbons (Fsp3) is 0.550. The summed E-state index contributed by atoms with van der Waals surface area (Å²) >= 11 is 3.67. The fourth-order valence-corrected chi connectivity index (χ4v) is 4.42. The third kappa shape index (κ3) is 4.11. The summed E-state index contributed by atoms with van der Waals surface area (Å²) in [6, 6.07) is 8.34. The van der Waals surface area contributed by atoms with Crippen LogP contribution in [0.15, 0.2) is 28.7 Å². The number of halogens is 1. The summed E-state index contributed by atoms with van der Waals surface area (Å²) in [6.07, 6.45) is 6.06. The first-order valence-corrected chi connectivity index (χ1v) is 10.4. The number of ether oxygens (including phenoxy) is 1. The summed E-state index contributed by atoms with van der Waals surface area (Å²) in [7, 11) is 2.73. The molecule has 0 N–H and O–H groups in total. The molecule has 1 aliphatic rings. The van der Waals surface area contributed by atoms with E-state index in [0.717, 1.165) is 51.7 Å². The van der Waals surface area contributed by atoms with E-state index in [1.807, 2.05) is 0 Å². The third-order valence-electron chi connectivity index (χ3n) is 5.19. The van der Waals surface area contributed by atoms with Gasteiger partial charge in [-0.2, -0.15) is 0 Å². The lowest BCUT2D eigenvalue weighted by Crippen LogP contribution is -2.30. The van der Waals surface area contributed by atoms with Crippen LogP contribution in [0.25, 0.3) is 10.9 Å². The normalized spacial score (nSPS) is 21.9. The maximum absolute atomic E-state index is 6.28. The average Bonchev–Trinajstić information content (AvgIpc) is 2.55. The van der Waals surface area contributed by atoms with Crippen molar-refractivity contribution in [2.75, 3.05) is 0 Å². The largest absolute Gasteiger partial charge is 0.490 e. The number of hydrogen-bond donors (Lipinski definition) is 0. The number of hydrogen-bond acceptors (Lipinski definition) is 2. The van der Waals surface area contributed by atoms with E-state index >= 15 is 0 Å². The molecule has 1 aromatic heterocycles. The molecule has 2 nitrogen and oxygen atoms in total. The number of rotatable bonds is 3. The molecule has 1 aliphatic carbocycles. The van der Waals surface area contributed by atoms with Crippen LogP contribution in [0.1, 0.15) is 52.1 Å². The van der Waals surface area contributed by atoms with Gasteiger partial charge in [0, 0.05) is 21.7 Å². The van der Waals surface area contributed by atoms with Crippen molar-refractivity contribution < 1.29 is 4.74 Å². The molecule has 1 fully saturated rings. The third-order valence-corrected chi connectivity index (χ3v) is 6.27. The molecule has 0 aliphatic heterocycles. The minimum absolute atomic E-state index is 0.346. The predicted molar refractivity (Wildman–Crippen MR) is 109 cm³/mol. The highest BCUT2D eigenvalue weighted by Gasteiger charge is 2.30. The van der Waals surface area contributed by atoms with Crippen molar-refractivity contribution in [2.24, 2.45) is 11.3 Å². The first-order valence-electron chi connectivity index (χ1n) is 8.82. The van der Waals surface area contributed by atoms with Crippen LogP contribution >= 0.6 is 25.2 Å². The maximum Gasteiger partial charge on any atom is 0.120 e. The second-order valence-electron chi connectivity index (χ2n) is 7.94. The minimum Gasteiger partial charge on any atom is -0.490 e. The summed E-state index contributed by atoms with van der Waals surface area (Å²) in [5.74, 6) is 1.78. The Morgan fingerprint density at radius 2 is 1.88 bits per heavy atom. The van der Waals surface area contributed by atoms with E-state index in [9.17, 15) is 0 Å². The lowest BCUT2D eigenvalue weighted by Gasteiger charge is -2.37. The number of nitrogens with zero attached hydrogens (tertiary/aromatic N) is 1. The van der Waals surface area contributed by atoms with Crippen molar-refractivity contribution in [2.45, 2.75) is 58.7 Å². The van der Waals surface area contributed by atoms with Crippen molar-refractivity contribution in [1.82, 2.24) is 4.98 Å². The Balaban J connectivity index is 1.71. The number of pyridine rings is 1. The standard InChI is InChI=1S/C20H27BrNOP/c1-20(2,3)13-4-6-15(7-5-13)23-16-8-9-19-17(11-16)18(21)10-14(12-24)22-19/h8-11,13,15H,4-7,12,24H2,1-3H3. The van der Waals surface area contributed by atoms with E-state index in [2.05, 4.69) is 75.2 Å². The maximum atomic E-state index is 6.28. The molecule has 2 aromatic rings. The lowest BCUT2D eigenvalue weighted by molar-refractivity contribution is 0.0883. The van der Waals surface area contributed by atoms with Gasteiger partial charge in [-0.15, -0.1) is 9.24 Å². The molecule has 1 saturated carbocycles. The van der Waals surface area contributed by atoms with Crippen molar-refractivity contribution >= 4 is 36.1 Å². The van der Waals surface area contributed by atoms with Crippen LogP contribution in [0.3, 0.4) is 0 Å². The van der Waals surface area contributed by atoms with Gasteiger partial charge in [0.1, 0.15) is 5.75 Å². The van der Waals surface area contributed by atoms with E-state index in [4.69, 9.17) is 4.74 Å². The Kier molecular flexibility index (Phi) is 5.52. The van der Waals surface area contributed by atoms with E-state index in [1.54, 1.807) is 0 Å². The van der Waals surface area contributed by atoms with Crippen LogP contribution in [-0.4, -0.2) is 11.1 Å². The van der Waals surface area contributed by atoms with Gasteiger partial charge in [-0.3, -0.25) is 4.98 Å². The fourth-order valence-electron chi connectivity index (χ4n) is 3.63. The van der Waals surface area contributed by atoms with Crippen LogP contribution in [0.4, 0.5) is 0 Å². The van der Waals surface area contributed by atoms with Crippen molar-refractivity contribution in [3.05, 3.63) is 34.4 Å². The van der Waals surface area contributed by atoms with Gasteiger partial charge in [-0.05, 0) is 61.3 Å². The number of benzene rings is 1. The SMILES string of the molecule is CC(C)(C)C1CCC(Oc2ccc3nc(CP)cc(Br)c3c2)CC1. The Morgan fingerprint density at radius 1 is 1.17 bits per heavy atom. The Morgan fingerprint density at radius 3 is 2.50 bits per heavy atom. The van der Waals surface area contributed by atoms with Crippen LogP contribution in [-0.2, 0) is 6.16 Å². The summed E-state index contributed by atoms with van der Waals surface area (Å²) in [5, 5.41) is 1.12. The van der Waals surface area contributed by atoms with Crippen LogP contribution in [0, 0.1) is 11.3 Å². The van der Waals surface area contributed by atoms with Crippen LogP contribution < -0.4 is 4.74 Å². The van der Waals surface area contributed by atoms with Gasteiger partial charge in [0.25, 0.3) is 0 Å². The Bertz CT molecular complexity index is 717. The van der Waals surface area contributed by atoms with Crippen molar-refractivity contribution in [1.29, 1.82) is 0 Å². The van der Waals surface area contributed by atoms with Gasteiger partial charge in [0.2, 0.25) is 0 Å². The van der Waals surface area contributed by atoms with Crippen molar-refractivity contribution in [3.8, 4) is 5.75 Å². The molecule has 0 amide bonds. The molecular formula is C20H27BrNOP. The molecule has 0 radical (unpaired) electrons. The highest BCUT2D eigenvalue weighted by Crippen LogP contribution is 2.39. The second kappa shape index (κ2) is 7.30. The summed E-state index contributed by atoms with van der Waals surface area (Å²) in [6.45, 7) is 7.07. The van der Waals surface area contributed by atoms with Gasteiger partial charge < -0.3 is 4.74 Å². The average molecular weight is 408 g/mol. The smallest absolute Gasteiger partial charge is 0.120 e. The quantitative estimate of drug-likeness (QED) is 0.552. The zero-order valence-electron chi connectivity index (χ0n) is 14.8. The zero-order valence-corrected chi connectivity index (χ0v) is 17.6. The molecule has 0 saturated heterocycles. The van der Waals surface area contributed by atoms with Gasteiger partial charge in [0.05, 0.1) is 11.6 Å². The molecule has 1 unspecified atom stereocenters. The number of fused-ring (bicyclic) bond motifs is 1. The molecule has 1 heterocycles. The van der Waals surface area contributed by atoms with Gasteiger partial charge in [-0.25, -0.2) is 0 Å². The summed E-state index contributed by atoms with van der Waals surface area (Å²) < 4.78 is 7.37. The summed E-state index contributed by atoms with van der Waals surface area (Å²) in [5.41, 5.74) is 2.51. The Labute approximate surface area is 156 Å². The summed E-state index contributed by atoms with van der Waals surface area (Å²) in [4.78, 5) is 4.67. The molecule has 0 bridgehead atoms. The topological polar surface area (TPSA) is 22.1 Å². The molecule has 24 heavy (non-hydrogen) atoms. The second-order valence-corrected chi connectivity index (χ2v) is 9.20. The molecule has 4 heteroatoms. The van der Waals surface area contributed by atoms with Gasteiger partial charge in [-0.1, -0.05) is 36.7 Å². The van der Waals surface area contributed by atoms with Crippen LogP contribution in [0.2, 0.25) is 0 Å². The minimum atomic E-state index is 0.346. The van der Waals surface area contributed by atoms with E-state index in [0.29, 0.717) is 11.5 Å². The zero-order chi connectivity index (χ0) is 17.3. The van der Waals surface area contributed by atoms with E-state index in [1.165, 1.54) is 12.8 Å². The highest BCUT2D eigenvalue weighted by atomic mass is 79.9.